The average Bonchev–Trinajstić information content (AvgIpc) is 3.01. The Kier molecular flexibility index (Phi) is 3.78. The summed E-state index contributed by atoms with van der Waals surface area (Å²) in [5, 5.41) is 6.85. The van der Waals surface area contributed by atoms with Gasteiger partial charge in [-0.3, -0.25) is 4.79 Å². The summed E-state index contributed by atoms with van der Waals surface area (Å²) in [7, 11) is 0. The van der Waals surface area contributed by atoms with Crippen LogP contribution in [0.25, 0.3) is 11.3 Å². The Labute approximate surface area is 129 Å². The molecule has 1 saturated heterocycles. The van der Waals surface area contributed by atoms with E-state index in [4.69, 9.17) is 11.6 Å². The summed E-state index contributed by atoms with van der Waals surface area (Å²) >= 11 is 9.14. The fourth-order valence-electron chi connectivity index (χ4n) is 1.75. The van der Waals surface area contributed by atoms with Crippen molar-refractivity contribution >= 4 is 51.5 Å². The molecule has 0 aliphatic carbocycles. The summed E-state index contributed by atoms with van der Waals surface area (Å²) in [6.07, 6.45) is 0. The number of aliphatic imine (C=N–C) groups is 1. The molecule has 0 atom stereocenters. The van der Waals surface area contributed by atoms with Gasteiger partial charge in [0, 0.05) is 10.9 Å². The zero-order valence-electron chi connectivity index (χ0n) is 10.5. The van der Waals surface area contributed by atoms with Crippen LogP contribution in [-0.4, -0.2) is 21.8 Å². The van der Waals surface area contributed by atoms with Crippen LogP contribution in [-0.2, 0) is 4.79 Å². The first-order chi connectivity index (χ1) is 9.61. The molecule has 1 aromatic carbocycles. The number of hydrogen-bond donors (Lipinski definition) is 1. The van der Waals surface area contributed by atoms with Gasteiger partial charge in [0.15, 0.2) is 5.17 Å². The monoisotopic (exact) mass is 323 g/mol. The van der Waals surface area contributed by atoms with Crippen molar-refractivity contribution in [2.75, 3.05) is 5.75 Å². The van der Waals surface area contributed by atoms with Crippen molar-refractivity contribution in [1.82, 2.24) is 10.3 Å². The molecule has 1 fully saturated rings. The van der Waals surface area contributed by atoms with E-state index in [0.29, 0.717) is 21.6 Å². The molecule has 0 saturated carbocycles. The number of thioether (sulfide) groups is 1. The number of hydrogen-bond acceptors (Lipinski definition) is 5. The lowest BCUT2D eigenvalue weighted by atomic mass is 10.1. The molecule has 0 unspecified atom stereocenters. The first-order valence-corrected chi connectivity index (χ1v) is 8.09. The third-order valence-electron chi connectivity index (χ3n) is 2.67. The van der Waals surface area contributed by atoms with E-state index in [1.807, 2.05) is 24.4 Å². The van der Waals surface area contributed by atoms with E-state index in [9.17, 15) is 4.79 Å². The highest BCUT2D eigenvalue weighted by molar-refractivity contribution is 8.15. The van der Waals surface area contributed by atoms with Crippen molar-refractivity contribution in [2.24, 2.45) is 4.99 Å². The number of halogens is 1. The van der Waals surface area contributed by atoms with Crippen LogP contribution in [0, 0.1) is 6.92 Å². The van der Waals surface area contributed by atoms with Gasteiger partial charge >= 0.3 is 0 Å². The van der Waals surface area contributed by atoms with Gasteiger partial charge in [0.05, 0.1) is 27.2 Å². The van der Waals surface area contributed by atoms with Crippen LogP contribution < -0.4 is 5.32 Å². The van der Waals surface area contributed by atoms with Crippen molar-refractivity contribution in [3.63, 3.8) is 0 Å². The van der Waals surface area contributed by atoms with E-state index in [1.165, 1.54) is 11.8 Å². The van der Waals surface area contributed by atoms with E-state index < -0.39 is 0 Å². The summed E-state index contributed by atoms with van der Waals surface area (Å²) in [4.78, 5) is 20.0. The molecule has 1 aromatic heterocycles. The second-order valence-electron chi connectivity index (χ2n) is 4.17. The fraction of sp³-hybridized carbons (Fsp3) is 0.154. The van der Waals surface area contributed by atoms with Gasteiger partial charge < -0.3 is 5.32 Å². The second-order valence-corrected chi connectivity index (χ2v) is 6.61. The average molecular weight is 324 g/mol. The minimum absolute atomic E-state index is 0.0313. The molecule has 4 nitrogen and oxygen atoms in total. The molecule has 1 aliphatic rings. The van der Waals surface area contributed by atoms with Crippen molar-refractivity contribution in [2.45, 2.75) is 6.92 Å². The Hall–Kier alpha value is -1.37. The summed E-state index contributed by atoms with van der Waals surface area (Å²) in [6.45, 7) is 1.97. The predicted octanol–water partition coefficient (Wildman–Crippen LogP) is 3.62. The number of aromatic nitrogens is 1. The maximum absolute atomic E-state index is 11.2. The summed E-state index contributed by atoms with van der Waals surface area (Å²) in [5.41, 5.74) is 2.51. The quantitative estimate of drug-likeness (QED) is 0.918. The van der Waals surface area contributed by atoms with Crippen LogP contribution in [0.3, 0.4) is 0 Å². The van der Waals surface area contributed by atoms with Gasteiger partial charge in [-0.1, -0.05) is 29.4 Å². The number of thiazole rings is 1. The largest absolute Gasteiger partial charge is 0.304 e. The highest BCUT2D eigenvalue weighted by atomic mass is 35.5. The number of aryl methyl sites for hydroxylation is 1. The van der Waals surface area contributed by atoms with Gasteiger partial charge in [-0.2, -0.15) is 0 Å². The number of amidine groups is 1. The predicted molar refractivity (Wildman–Crippen MR) is 85.0 cm³/mol. The first-order valence-electron chi connectivity index (χ1n) is 5.85. The summed E-state index contributed by atoms with van der Waals surface area (Å²) in [5.74, 6) is 0.373. The number of benzene rings is 1. The molecular weight excluding hydrogens is 314 g/mol. The molecule has 20 heavy (non-hydrogen) atoms. The van der Waals surface area contributed by atoms with Crippen molar-refractivity contribution < 1.29 is 4.79 Å². The summed E-state index contributed by atoms with van der Waals surface area (Å²) < 4.78 is 0. The zero-order valence-corrected chi connectivity index (χ0v) is 12.9. The van der Waals surface area contributed by atoms with Crippen molar-refractivity contribution in [1.29, 1.82) is 0 Å². The van der Waals surface area contributed by atoms with Crippen LogP contribution in [0.5, 0.6) is 0 Å². The van der Waals surface area contributed by atoms with E-state index >= 15 is 0 Å². The van der Waals surface area contributed by atoms with Gasteiger partial charge in [0.2, 0.25) is 5.91 Å². The normalized spacial score (nSPS) is 16.7. The van der Waals surface area contributed by atoms with E-state index in [-0.39, 0.29) is 5.91 Å². The number of amides is 1. The molecule has 1 amide bonds. The molecule has 2 aromatic rings. The van der Waals surface area contributed by atoms with Crippen LogP contribution in [0.1, 0.15) is 5.01 Å². The Morgan fingerprint density at radius 3 is 2.95 bits per heavy atom. The van der Waals surface area contributed by atoms with Gasteiger partial charge in [-0.15, -0.1) is 11.3 Å². The molecule has 1 N–H and O–H groups in total. The van der Waals surface area contributed by atoms with Crippen molar-refractivity contribution in [3.05, 3.63) is 33.6 Å². The molecule has 102 valence electrons. The minimum Gasteiger partial charge on any atom is -0.304 e. The lowest BCUT2D eigenvalue weighted by molar-refractivity contribution is -0.116. The Bertz CT molecular complexity index is 711. The third-order valence-corrected chi connectivity index (χ3v) is 4.64. The highest BCUT2D eigenvalue weighted by Gasteiger charge is 2.17. The molecular formula is C13H10ClN3OS2. The molecule has 0 spiro atoms. The third kappa shape index (κ3) is 2.87. The zero-order chi connectivity index (χ0) is 14.1. The van der Waals surface area contributed by atoms with Crippen LogP contribution in [0.2, 0.25) is 5.02 Å². The van der Waals surface area contributed by atoms with Gasteiger partial charge in [0.1, 0.15) is 0 Å². The Morgan fingerprint density at radius 2 is 2.30 bits per heavy atom. The maximum Gasteiger partial charge on any atom is 0.236 e. The van der Waals surface area contributed by atoms with Crippen LogP contribution in [0.15, 0.2) is 28.6 Å². The van der Waals surface area contributed by atoms with Gasteiger partial charge in [-0.25, -0.2) is 9.98 Å². The van der Waals surface area contributed by atoms with E-state index in [0.717, 1.165) is 16.3 Å². The van der Waals surface area contributed by atoms with Gasteiger partial charge in [-0.05, 0) is 19.1 Å². The van der Waals surface area contributed by atoms with E-state index in [2.05, 4.69) is 15.3 Å². The summed E-state index contributed by atoms with van der Waals surface area (Å²) in [6, 6.07) is 5.60. The molecule has 2 heterocycles. The standard InChI is InChI=1S/C13H10ClN3OS2/c1-7-15-11(5-19-7)8-2-3-9(14)10(4-8)16-13-17-12(18)6-20-13/h2-5H,6H2,1H3,(H,16,17,18). The highest BCUT2D eigenvalue weighted by Crippen LogP contribution is 2.32. The number of rotatable bonds is 2. The second kappa shape index (κ2) is 5.55. The smallest absolute Gasteiger partial charge is 0.236 e. The Morgan fingerprint density at radius 1 is 1.45 bits per heavy atom. The lowest BCUT2D eigenvalue weighted by Crippen LogP contribution is -2.19. The SMILES string of the molecule is Cc1nc(-c2ccc(Cl)c(N=C3NC(=O)CS3)c2)cs1. The van der Waals surface area contributed by atoms with Crippen LogP contribution >= 0.6 is 34.7 Å². The molecule has 1 aliphatic heterocycles. The lowest BCUT2D eigenvalue weighted by Gasteiger charge is -2.03. The number of nitrogens with one attached hydrogen (secondary N) is 1. The molecule has 7 heteroatoms. The minimum atomic E-state index is -0.0313. The number of carbonyl (C=O) groups is 1. The molecule has 0 radical (unpaired) electrons. The van der Waals surface area contributed by atoms with Gasteiger partial charge in [0.25, 0.3) is 0 Å². The van der Waals surface area contributed by atoms with E-state index in [1.54, 1.807) is 17.4 Å². The molecule has 3 rings (SSSR count). The molecule has 0 bridgehead atoms. The number of nitrogens with zero attached hydrogens (tertiary/aromatic N) is 2. The van der Waals surface area contributed by atoms with Crippen LogP contribution in [0.4, 0.5) is 5.69 Å². The maximum atomic E-state index is 11.2. The number of carbonyl (C=O) groups excluding carboxylic acids is 1. The van der Waals surface area contributed by atoms with Crippen molar-refractivity contribution in [3.8, 4) is 11.3 Å². The first kappa shape index (κ1) is 13.6. The topological polar surface area (TPSA) is 54.4 Å². The Balaban J connectivity index is 1.97. The fourth-order valence-corrected chi connectivity index (χ4v) is 3.22.